The van der Waals surface area contributed by atoms with Gasteiger partial charge in [0.2, 0.25) is 0 Å². The molecule has 2 aromatic heterocycles. The molecule has 0 radical (unpaired) electrons. The maximum atomic E-state index is 12.5. The van der Waals surface area contributed by atoms with Crippen LogP contribution in [0.2, 0.25) is 0 Å². The monoisotopic (exact) mass is 531 g/mol. The van der Waals surface area contributed by atoms with E-state index in [4.69, 9.17) is 20.3 Å². The highest BCUT2D eigenvalue weighted by molar-refractivity contribution is 6.08. The van der Waals surface area contributed by atoms with E-state index in [0.717, 1.165) is 11.9 Å². The molecule has 198 valence electrons. The average molecular weight is 531 g/mol. The van der Waals surface area contributed by atoms with Gasteiger partial charge in [-0.25, -0.2) is 14.8 Å². The van der Waals surface area contributed by atoms with E-state index in [0.29, 0.717) is 28.6 Å². The number of rotatable bonds is 4. The molecule has 0 bridgehead atoms. The number of H-pyrrole nitrogens is 1. The number of ether oxygens (including phenoxy) is 2. The number of hydrogen-bond donors (Lipinski definition) is 6. The van der Waals surface area contributed by atoms with Crippen LogP contribution in [0.4, 0.5) is 17.1 Å². The van der Waals surface area contributed by atoms with Crippen molar-refractivity contribution in [2.45, 2.75) is 6.54 Å². The Morgan fingerprint density at radius 2 is 1.64 bits per heavy atom. The number of hydrogen-bond acceptors (Lipinski definition) is 9. The van der Waals surface area contributed by atoms with E-state index in [1.165, 1.54) is 6.20 Å². The van der Waals surface area contributed by atoms with Crippen LogP contribution in [-0.2, 0) is 16.1 Å². The minimum absolute atomic E-state index is 0.0265. The fourth-order valence-corrected chi connectivity index (χ4v) is 3.88. The lowest BCUT2D eigenvalue weighted by Gasteiger charge is -2.18. The predicted octanol–water partition coefficient (Wildman–Crippen LogP) is 1.52. The van der Waals surface area contributed by atoms with Gasteiger partial charge in [0.05, 0.1) is 16.9 Å². The summed E-state index contributed by atoms with van der Waals surface area (Å²) >= 11 is 0. The molecule has 4 heterocycles. The number of fused-ring (bicyclic) bond motifs is 3. The molecule has 2 aliphatic heterocycles. The lowest BCUT2D eigenvalue weighted by atomic mass is 10.1. The molecular weight excluding hydrogens is 510 g/mol. The van der Waals surface area contributed by atoms with E-state index < -0.39 is 11.9 Å². The number of aromatic nitrogens is 3. The number of amides is 3. The molecule has 0 fully saturated rings. The van der Waals surface area contributed by atoms with Crippen molar-refractivity contribution in [1.29, 1.82) is 0 Å². The summed E-state index contributed by atoms with van der Waals surface area (Å²) in [4.78, 5) is 56.5. The predicted molar refractivity (Wildman–Crippen MR) is 138 cm³/mol. The Morgan fingerprint density at radius 3 is 2.33 bits per heavy atom. The van der Waals surface area contributed by atoms with Gasteiger partial charge in [-0.15, -0.1) is 0 Å². The number of anilines is 3. The first-order chi connectivity index (χ1) is 18.8. The standard InChI is InChI=1S/C17H13N5O5.C8H8N2O2/c23-12-6-27-11-2-1-8(3-10(11)22-12)4-19-16(24)15-14-13(20-7-21-15)9(5-18-14)17(25)26;9-5-1-2-7-6(3-5)10-8(11)4-12-7/h1-3,5,7,18H,4,6H2,(H,19,24)(H,22,23)(H,25,26);1-3H,4,9H2,(H,10,11). The zero-order valence-corrected chi connectivity index (χ0v) is 20.1. The second-order valence-corrected chi connectivity index (χ2v) is 8.40. The van der Waals surface area contributed by atoms with Crippen LogP contribution in [0.3, 0.4) is 0 Å². The van der Waals surface area contributed by atoms with E-state index in [1.807, 2.05) is 0 Å². The number of nitrogens with two attached hydrogens (primary N) is 1. The van der Waals surface area contributed by atoms with Gasteiger partial charge in [-0.1, -0.05) is 6.07 Å². The van der Waals surface area contributed by atoms with Gasteiger partial charge in [-0.2, -0.15) is 0 Å². The molecule has 0 saturated heterocycles. The molecule has 7 N–H and O–H groups in total. The summed E-state index contributed by atoms with van der Waals surface area (Å²) in [5, 5.41) is 17.2. The third-order valence-electron chi connectivity index (χ3n) is 5.68. The number of carboxylic acid groups (broad SMARTS) is 1. The Bertz CT molecular complexity index is 1630. The number of carboxylic acids is 1. The van der Waals surface area contributed by atoms with Gasteiger partial charge in [-0.3, -0.25) is 14.4 Å². The summed E-state index contributed by atoms with van der Waals surface area (Å²) in [6.45, 7) is 0.234. The van der Waals surface area contributed by atoms with Crippen LogP contribution in [-0.4, -0.2) is 57.0 Å². The molecule has 2 aliphatic rings. The SMILES string of the molecule is Nc1ccc2c(c1)NC(=O)CO2.O=C1COc2ccc(CNC(=O)c3ncnc4c(C(=O)O)c[nH]c34)cc2N1. The number of nitrogen functional groups attached to an aromatic ring is 1. The van der Waals surface area contributed by atoms with Crippen LogP contribution in [0.15, 0.2) is 48.9 Å². The van der Waals surface area contributed by atoms with E-state index >= 15 is 0 Å². The number of aromatic amines is 1. The minimum Gasteiger partial charge on any atom is -0.482 e. The number of nitrogens with one attached hydrogen (secondary N) is 4. The first-order valence-corrected chi connectivity index (χ1v) is 11.5. The van der Waals surface area contributed by atoms with Gasteiger partial charge in [0.15, 0.2) is 18.9 Å². The normalized spacial score (nSPS) is 13.3. The fraction of sp³-hybridized carbons (Fsp3) is 0.120. The van der Waals surface area contributed by atoms with Crippen molar-refractivity contribution in [1.82, 2.24) is 20.3 Å². The Morgan fingerprint density at radius 1 is 0.974 bits per heavy atom. The molecule has 39 heavy (non-hydrogen) atoms. The van der Waals surface area contributed by atoms with Crippen LogP contribution in [0.25, 0.3) is 11.0 Å². The summed E-state index contributed by atoms with van der Waals surface area (Å²) in [6, 6.07) is 10.3. The lowest BCUT2D eigenvalue weighted by molar-refractivity contribution is -0.119. The van der Waals surface area contributed by atoms with Crippen molar-refractivity contribution in [2.24, 2.45) is 0 Å². The van der Waals surface area contributed by atoms with Crippen molar-refractivity contribution < 1.29 is 33.8 Å². The summed E-state index contributed by atoms with van der Waals surface area (Å²) < 4.78 is 10.4. The number of nitrogens with zero attached hydrogens (tertiary/aromatic N) is 2. The molecule has 14 nitrogen and oxygen atoms in total. The molecule has 4 aromatic rings. The van der Waals surface area contributed by atoms with E-state index in [-0.39, 0.29) is 53.9 Å². The maximum absolute atomic E-state index is 12.5. The zero-order valence-electron chi connectivity index (χ0n) is 20.1. The summed E-state index contributed by atoms with van der Waals surface area (Å²) in [7, 11) is 0. The van der Waals surface area contributed by atoms with Gasteiger partial charge >= 0.3 is 5.97 Å². The van der Waals surface area contributed by atoms with Crippen molar-refractivity contribution in [2.75, 3.05) is 29.6 Å². The average Bonchev–Trinajstić information content (AvgIpc) is 3.36. The Kier molecular flexibility index (Phi) is 6.65. The molecule has 2 aromatic carbocycles. The van der Waals surface area contributed by atoms with E-state index in [9.17, 15) is 19.2 Å². The molecule has 0 aliphatic carbocycles. The molecule has 0 spiro atoms. The molecule has 0 saturated carbocycles. The summed E-state index contributed by atoms with van der Waals surface area (Å²) in [5.74, 6) is -0.788. The summed E-state index contributed by atoms with van der Waals surface area (Å²) in [5.41, 5.74) is 8.48. The Labute approximate surface area is 219 Å². The highest BCUT2D eigenvalue weighted by atomic mass is 16.5. The largest absolute Gasteiger partial charge is 0.482 e. The number of carbonyl (C=O) groups excluding carboxylic acids is 3. The van der Waals surface area contributed by atoms with Crippen LogP contribution in [0, 0.1) is 0 Å². The molecule has 0 atom stereocenters. The molecular formula is C25H21N7O7. The van der Waals surface area contributed by atoms with Gasteiger partial charge in [0, 0.05) is 18.4 Å². The van der Waals surface area contributed by atoms with Gasteiger partial charge in [0.1, 0.15) is 28.9 Å². The topological polar surface area (TPSA) is 211 Å². The second-order valence-electron chi connectivity index (χ2n) is 8.40. The lowest BCUT2D eigenvalue weighted by Crippen LogP contribution is -2.26. The maximum Gasteiger partial charge on any atom is 0.339 e. The molecule has 0 unspecified atom stereocenters. The van der Waals surface area contributed by atoms with Crippen LogP contribution < -0.4 is 31.2 Å². The zero-order chi connectivity index (χ0) is 27.5. The third kappa shape index (κ3) is 5.39. The second kappa shape index (κ2) is 10.4. The number of carbonyl (C=O) groups is 4. The molecule has 14 heteroatoms. The van der Waals surface area contributed by atoms with Crippen LogP contribution in [0.5, 0.6) is 11.5 Å². The Hall–Kier alpha value is -5.66. The first kappa shape index (κ1) is 25.0. The smallest absolute Gasteiger partial charge is 0.339 e. The van der Waals surface area contributed by atoms with Gasteiger partial charge in [-0.05, 0) is 35.9 Å². The highest BCUT2D eigenvalue weighted by Crippen LogP contribution is 2.29. The first-order valence-electron chi connectivity index (χ1n) is 11.5. The third-order valence-corrected chi connectivity index (χ3v) is 5.68. The van der Waals surface area contributed by atoms with Gasteiger partial charge < -0.3 is 41.2 Å². The van der Waals surface area contributed by atoms with Crippen molar-refractivity contribution in [3.8, 4) is 11.5 Å². The van der Waals surface area contributed by atoms with Crippen molar-refractivity contribution in [3.05, 3.63) is 65.7 Å². The minimum atomic E-state index is -1.15. The summed E-state index contributed by atoms with van der Waals surface area (Å²) in [6.07, 6.45) is 2.41. The van der Waals surface area contributed by atoms with Gasteiger partial charge in [0.25, 0.3) is 17.7 Å². The van der Waals surface area contributed by atoms with E-state index in [1.54, 1.807) is 36.4 Å². The highest BCUT2D eigenvalue weighted by Gasteiger charge is 2.20. The molecule has 6 rings (SSSR count). The van der Waals surface area contributed by atoms with Crippen LogP contribution >= 0.6 is 0 Å². The van der Waals surface area contributed by atoms with Crippen molar-refractivity contribution >= 4 is 51.8 Å². The Balaban J connectivity index is 0.000000214. The molecule has 3 amide bonds. The quantitative estimate of drug-likeness (QED) is 0.209. The van der Waals surface area contributed by atoms with E-state index in [2.05, 4.69) is 30.9 Å². The number of aromatic carboxylic acids is 1. The van der Waals surface area contributed by atoms with Crippen LogP contribution in [0.1, 0.15) is 26.4 Å². The van der Waals surface area contributed by atoms with Crippen molar-refractivity contribution in [3.63, 3.8) is 0 Å². The number of benzene rings is 2. The fourth-order valence-electron chi connectivity index (χ4n) is 3.88.